The Morgan fingerprint density at radius 2 is 2.27 bits per heavy atom. The molecule has 5 heteroatoms. The largest absolute Gasteiger partial charge is 0.394 e. The topological polar surface area (TPSA) is 66.6 Å². The Balaban J connectivity index is 2.86. The van der Waals surface area contributed by atoms with Crippen LogP contribution >= 0.6 is 0 Å². The van der Waals surface area contributed by atoms with Gasteiger partial charge in [-0.15, -0.1) is 0 Å². The van der Waals surface area contributed by atoms with E-state index in [0.29, 0.717) is 5.69 Å². The van der Waals surface area contributed by atoms with E-state index in [1.165, 1.54) is 4.90 Å². The van der Waals surface area contributed by atoms with Crippen molar-refractivity contribution in [1.29, 1.82) is 0 Å². The fourth-order valence-corrected chi connectivity index (χ4v) is 1.01. The first kappa shape index (κ1) is 11.7. The van der Waals surface area contributed by atoms with Crippen LogP contribution in [0.15, 0.2) is 10.6 Å². The Kier molecular flexibility index (Phi) is 3.14. The van der Waals surface area contributed by atoms with Crippen molar-refractivity contribution in [2.75, 3.05) is 13.7 Å². The number of rotatable bonds is 3. The fraction of sp³-hybridized carbons (Fsp3) is 0.600. The van der Waals surface area contributed by atoms with Gasteiger partial charge in [0.25, 0.3) is 5.91 Å². The first-order valence-electron chi connectivity index (χ1n) is 4.71. The summed E-state index contributed by atoms with van der Waals surface area (Å²) in [5.74, 6) is -0.0915. The highest BCUT2D eigenvalue weighted by molar-refractivity contribution is 5.91. The van der Waals surface area contributed by atoms with Gasteiger partial charge in [0.15, 0.2) is 0 Å². The Labute approximate surface area is 88.7 Å². The maximum atomic E-state index is 11.8. The van der Waals surface area contributed by atoms with E-state index in [4.69, 9.17) is 9.63 Å². The number of aromatic nitrogens is 1. The van der Waals surface area contributed by atoms with Crippen molar-refractivity contribution in [2.24, 2.45) is 0 Å². The molecule has 1 rings (SSSR count). The van der Waals surface area contributed by atoms with Gasteiger partial charge in [0.2, 0.25) is 5.76 Å². The van der Waals surface area contributed by atoms with Crippen molar-refractivity contribution in [2.45, 2.75) is 26.3 Å². The number of carbonyl (C=O) groups is 1. The third-order valence-corrected chi connectivity index (χ3v) is 2.44. The van der Waals surface area contributed by atoms with Gasteiger partial charge in [-0.3, -0.25) is 4.79 Å². The standard InChI is InChI=1S/C10H16N2O3/c1-7-5-8(15-11-7)9(14)12(4)10(2,3)6-13/h5,13H,6H2,1-4H3. The average Bonchev–Trinajstić information content (AvgIpc) is 2.62. The molecule has 0 aliphatic rings. The van der Waals surface area contributed by atoms with Crippen molar-refractivity contribution >= 4 is 5.91 Å². The Bertz CT molecular complexity index is 357. The smallest absolute Gasteiger partial charge is 0.292 e. The minimum absolute atomic E-state index is 0.109. The Hall–Kier alpha value is -1.36. The van der Waals surface area contributed by atoms with Gasteiger partial charge in [0, 0.05) is 13.1 Å². The van der Waals surface area contributed by atoms with Crippen LogP contribution in [0.2, 0.25) is 0 Å². The average molecular weight is 212 g/mol. The molecule has 0 atom stereocenters. The summed E-state index contributed by atoms with van der Waals surface area (Å²) < 4.78 is 4.86. The number of nitrogens with zero attached hydrogens (tertiary/aromatic N) is 2. The van der Waals surface area contributed by atoms with E-state index in [-0.39, 0.29) is 18.3 Å². The third kappa shape index (κ3) is 2.36. The molecule has 1 heterocycles. The molecule has 84 valence electrons. The molecule has 0 fully saturated rings. The predicted molar refractivity (Wildman–Crippen MR) is 54.5 cm³/mol. The number of amides is 1. The van der Waals surface area contributed by atoms with Gasteiger partial charge < -0.3 is 14.5 Å². The van der Waals surface area contributed by atoms with Crippen molar-refractivity contribution in [3.05, 3.63) is 17.5 Å². The number of carbonyl (C=O) groups excluding carboxylic acids is 1. The molecule has 0 aromatic carbocycles. The molecular weight excluding hydrogens is 196 g/mol. The van der Waals surface area contributed by atoms with Gasteiger partial charge in [0.05, 0.1) is 17.8 Å². The summed E-state index contributed by atoms with van der Waals surface area (Å²) in [6.07, 6.45) is 0. The summed E-state index contributed by atoms with van der Waals surface area (Å²) in [5, 5.41) is 12.8. The fourth-order valence-electron chi connectivity index (χ4n) is 1.01. The number of aryl methyl sites for hydroxylation is 1. The van der Waals surface area contributed by atoms with Gasteiger partial charge in [-0.1, -0.05) is 5.16 Å². The van der Waals surface area contributed by atoms with Crippen LogP contribution in [0.1, 0.15) is 30.1 Å². The summed E-state index contributed by atoms with van der Waals surface area (Å²) in [6.45, 7) is 5.18. The maximum Gasteiger partial charge on any atom is 0.292 e. The lowest BCUT2D eigenvalue weighted by atomic mass is 10.0. The van der Waals surface area contributed by atoms with E-state index in [1.54, 1.807) is 33.9 Å². The van der Waals surface area contributed by atoms with E-state index in [1.807, 2.05) is 0 Å². The van der Waals surface area contributed by atoms with Crippen LogP contribution in [0.5, 0.6) is 0 Å². The second kappa shape index (κ2) is 4.02. The highest BCUT2D eigenvalue weighted by Gasteiger charge is 2.29. The minimum Gasteiger partial charge on any atom is -0.394 e. The van der Waals surface area contributed by atoms with E-state index >= 15 is 0 Å². The summed E-state index contributed by atoms with van der Waals surface area (Å²) in [7, 11) is 1.62. The molecule has 1 aromatic heterocycles. The lowest BCUT2D eigenvalue weighted by Gasteiger charge is -2.32. The number of hydrogen-bond acceptors (Lipinski definition) is 4. The number of aliphatic hydroxyl groups is 1. The lowest BCUT2D eigenvalue weighted by Crippen LogP contribution is -2.47. The first-order valence-corrected chi connectivity index (χ1v) is 4.71. The summed E-state index contributed by atoms with van der Waals surface area (Å²) >= 11 is 0. The summed E-state index contributed by atoms with van der Waals surface area (Å²) in [5.41, 5.74) is 0.0474. The minimum atomic E-state index is -0.613. The Morgan fingerprint density at radius 3 is 2.67 bits per heavy atom. The van der Waals surface area contributed by atoms with Crippen molar-refractivity contribution in [1.82, 2.24) is 10.1 Å². The van der Waals surface area contributed by atoms with Crippen LogP contribution in [0.25, 0.3) is 0 Å². The molecule has 0 unspecified atom stereocenters. The monoisotopic (exact) mass is 212 g/mol. The summed E-state index contributed by atoms with van der Waals surface area (Å²) in [6, 6.07) is 1.58. The molecule has 0 bridgehead atoms. The van der Waals surface area contributed by atoms with Crippen molar-refractivity contribution < 1.29 is 14.4 Å². The molecule has 5 nitrogen and oxygen atoms in total. The van der Waals surface area contributed by atoms with Crippen LogP contribution in [-0.4, -0.2) is 40.3 Å². The van der Waals surface area contributed by atoms with Crippen LogP contribution < -0.4 is 0 Å². The highest BCUT2D eigenvalue weighted by atomic mass is 16.5. The van der Waals surface area contributed by atoms with Crippen molar-refractivity contribution in [3.63, 3.8) is 0 Å². The Morgan fingerprint density at radius 1 is 1.67 bits per heavy atom. The van der Waals surface area contributed by atoms with Crippen LogP contribution in [0.3, 0.4) is 0 Å². The molecule has 0 saturated heterocycles. The SMILES string of the molecule is Cc1cc(C(=O)N(C)C(C)(C)CO)on1. The summed E-state index contributed by atoms with van der Waals surface area (Å²) in [4.78, 5) is 13.3. The number of hydrogen-bond donors (Lipinski definition) is 1. The molecule has 1 amide bonds. The van der Waals surface area contributed by atoms with Gasteiger partial charge in [0.1, 0.15) is 0 Å². The van der Waals surface area contributed by atoms with Crippen LogP contribution in [-0.2, 0) is 0 Å². The molecule has 0 saturated carbocycles. The second-order valence-corrected chi connectivity index (χ2v) is 4.17. The van der Waals surface area contributed by atoms with Gasteiger partial charge in [-0.05, 0) is 20.8 Å². The molecule has 1 N–H and O–H groups in total. The lowest BCUT2D eigenvalue weighted by molar-refractivity contribution is 0.0436. The molecule has 1 aromatic rings. The predicted octanol–water partition coefficient (Wildman–Crippen LogP) is 0.826. The van der Waals surface area contributed by atoms with Crippen molar-refractivity contribution in [3.8, 4) is 0 Å². The van der Waals surface area contributed by atoms with Gasteiger partial charge in [-0.25, -0.2) is 0 Å². The zero-order valence-electron chi connectivity index (χ0n) is 9.44. The van der Waals surface area contributed by atoms with E-state index in [0.717, 1.165) is 0 Å². The molecule has 0 aliphatic heterocycles. The van der Waals surface area contributed by atoms with Gasteiger partial charge >= 0.3 is 0 Å². The van der Waals surface area contributed by atoms with E-state index in [9.17, 15) is 4.79 Å². The number of likely N-dealkylation sites (N-methyl/N-ethyl adjacent to an activating group) is 1. The quantitative estimate of drug-likeness (QED) is 0.805. The first-order chi connectivity index (χ1) is 6.88. The molecule has 0 spiro atoms. The maximum absolute atomic E-state index is 11.8. The normalized spacial score (nSPS) is 11.5. The van der Waals surface area contributed by atoms with Crippen LogP contribution in [0.4, 0.5) is 0 Å². The van der Waals surface area contributed by atoms with E-state index < -0.39 is 5.54 Å². The second-order valence-electron chi connectivity index (χ2n) is 4.17. The number of aliphatic hydroxyl groups excluding tert-OH is 1. The highest BCUT2D eigenvalue weighted by Crippen LogP contribution is 2.15. The zero-order valence-corrected chi connectivity index (χ0v) is 9.44. The molecule has 0 aliphatic carbocycles. The zero-order chi connectivity index (χ0) is 11.6. The van der Waals surface area contributed by atoms with E-state index in [2.05, 4.69) is 5.16 Å². The molecule has 15 heavy (non-hydrogen) atoms. The molecular formula is C10H16N2O3. The third-order valence-electron chi connectivity index (χ3n) is 2.44. The molecule has 0 radical (unpaired) electrons. The van der Waals surface area contributed by atoms with Gasteiger partial charge in [-0.2, -0.15) is 0 Å². The van der Waals surface area contributed by atoms with Crippen LogP contribution in [0, 0.1) is 6.92 Å².